The van der Waals surface area contributed by atoms with Gasteiger partial charge < -0.3 is 15.7 Å². The van der Waals surface area contributed by atoms with Crippen LogP contribution >= 0.6 is 0 Å². The zero-order valence-electron chi connectivity index (χ0n) is 17.4. The molecule has 4 rings (SSSR count). The van der Waals surface area contributed by atoms with Gasteiger partial charge in [0.05, 0.1) is 23.2 Å². The van der Waals surface area contributed by atoms with Crippen LogP contribution in [0.25, 0.3) is 22.3 Å². The van der Waals surface area contributed by atoms with Gasteiger partial charge in [-0.15, -0.1) is 0 Å². The standard InChI is InChI=1S/C22H25N9/c1-25-12-16(11-24)15-3-4-19-18(9-15)22(30-29-19)20-10-21(28-14-27-20)31-8-5-17(13-31)26-7-2-6-23/h3-4,6-7,9-12,14,16-17,23-24H,2,5,8,13H2,1H3,(H,29,30). The largest absolute Gasteiger partial charge is 0.354 e. The Morgan fingerprint density at radius 1 is 1.29 bits per heavy atom. The van der Waals surface area contributed by atoms with Gasteiger partial charge >= 0.3 is 0 Å². The second-order valence-corrected chi connectivity index (χ2v) is 7.40. The molecule has 0 aliphatic carbocycles. The highest BCUT2D eigenvalue weighted by Gasteiger charge is 2.23. The average molecular weight is 416 g/mol. The minimum atomic E-state index is -0.173. The van der Waals surface area contributed by atoms with Crippen molar-refractivity contribution in [1.29, 1.82) is 10.8 Å². The van der Waals surface area contributed by atoms with Crippen molar-refractivity contribution in [3.63, 3.8) is 0 Å². The second kappa shape index (κ2) is 9.38. The van der Waals surface area contributed by atoms with Crippen molar-refractivity contribution in [2.75, 3.05) is 25.0 Å². The molecule has 9 heteroatoms. The van der Waals surface area contributed by atoms with E-state index in [0.29, 0.717) is 6.42 Å². The Bertz CT molecular complexity index is 1130. The maximum absolute atomic E-state index is 7.70. The van der Waals surface area contributed by atoms with Crippen molar-refractivity contribution in [2.45, 2.75) is 24.8 Å². The first-order valence-corrected chi connectivity index (χ1v) is 10.2. The molecule has 9 nitrogen and oxygen atoms in total. The lowest BCUT2D eigenvalue weighted by Crippen LogP contribution is -2.22. The highest BCUT2D eigenvalue weighted by Crippen LogP contribution is 2.29. The lowest BCUT2D eigenvalue weighted by atomic mass is 9.99. The predicted octanol–water partition coefficient (Wildman–Crippen LogP) is 3.14. The van der Waals surface area contributed by atoms with Crippen LogP contribution in [0.3, 0.4) is 0 Å². The number of aromatic amines is 1. The van der Waals surface area contributed by atoms with E-state index in [1.807, 2.05) is 30.5 Å². The highest BCUT2D eigenvalue weighted by molar-refractivity contribution is 5.95. The van der Waals surface area contributed by atoms with Crippen LogP contribution in [0, 0.1) is 10.8 Å². The van der Waals surface area contributed by atoms with Gasteiger partial charge in [-0.25, -0.2) is 9.97 Å². The zero-order valence-corrected chi connectivity index (χ0v) is 17.4. The van der Waals surface area contributed by atoms with Gasteiger partial charge in [0.1, 0.15) is 17.8 Å². The number of rotatable bonds is 8. The number of fused-ring (bicyclic) bond motifs is 1. The van der Waals surface area contributed by atoms with E-state index in [9.17, 15) is 0 Å². The number of nitrogens with one attached hydrogen (secondary N) is 3. The molecule has 0 amide bonds. The van der Waals surface area contributed by atoms with Crippen molar-refractivity contribution >= 4 is 41.6 Å². The summed E-state index contributed by atoms with van der Waals surface area (Å²) in [6.45, 7) is 1.68. The number of benzene rings is 1. The van der Waals surface area contributed by atoms with Crippen molar-refractivity contribution in [2.24, 2.45) is 9.98 Å². The van der Waals surface area contributed by atoms with Crippen molar-refractivity contribution < 1.29 is 0 Å². The third-order valence-corrected chi connectivity index (χ3v) is 5.38. The SMILES string of the molecule is CN=CC(C=N)c1ccc2[nH]nc(-c3cc(N4CCC(N=CCC=N)C4)ncn3)c2c1. The molecule has 3 aromatic rings. The number of hydrogen-bond donors (Lipinski definition) is 3. The lowest BCUT2D eigenvalue weighted by Gasteiger charge is -2.16. The van der Waals surface area contributed by atoms with E-state index in [-0.39, 0.29) is 12.0 Å². The van der Waals surface area contributed by atoms with Gasteiger partial charge in [0.15, 0.2) is 0 Å². The van der Waals surface area contributed by atoms with Crippen LogP contribution in [0.1, 0.15) is 24.3 Å². The summed E-state index contributed by atoms with van der Waals surface area (Å²) in [4.78, 5) is 19.8. The van der Waals surface area contributed by atoms with E-state index in [1.54, 1.807) is 19.6 Å². The zero-order chi connectivity index (χ0) is 21.6. The summed E-state index contributed by atoms with van der Waals surface area (Å²) in [5.74, 6) is 0.686. The molecule has 3 heterocycles. The van der Waals surface area contributed by atoms with Crippen LogP contribution in [0.5, 0.6) is 0 Å². The molecule has 2 atom stereocenters. The molecule has 1 saturated heterocycles. The van der Waals surface area contributed by atoms with E-state index in [0.717, 1.165) is 53.2 Å². The highest BCUT2D eigenvalue weighted by atomic mass is 15.2. The van der Waals surface area contributed by atoms with Crippen LogP contribution in [0.4, 0.5) is 5.82 Å². The Morgan fingerprint density at radius 3 is 3.00 bits per heavy atom. The van der Waals surface area contributed by atoms with Crippen molar-refractivity contribution in [3.8, 4) is 11.4 Å². The minimum Gasteiger partial charge on any atom is -0.354 e. The first kappa shape index (κ1) is 20.5. The molecular weight excluding hydrogens is 390 g/mol. The van der Waals surface area contributed by atoms with E-state index in [2.05, 4.69) is 35.1 Å². The molecule has 0 spiro atoms. The minimum absolute atomic E-state index is 0.173. The van der Waals surface area contributed by atoms with Crippen molar-refractivity contribution in [3.05, 3.63) is 36.2 Å². The third kappa shape index (κ3) is 4.40. The summed E-state index contributed by atoms with van der Waals surface area (Å²) in [5.41, 5.74) is 3.41. The van der Waals surface area contributed by atoms with Crippen LogP contribution < -0.4 is 4.90 Å². The molecule has 3 N–H and O–H groups in total. The molecule has 2 aromatic heterocycles. The molecule has 1 aliphatic rings. The van der Waals surface area contributed by atoms with E-state index < -0.39 is 0 Å². The monoisotopic (exact) mass is 415 g/mol. The Kier molecular flexibility index (Phi) is 6.21. The maximum Gasteiger partial charge on any atom is 0.132 e. The molecule has 0 saturated carbocycles. The first-order chi connectivity index (χ1) is 15.2. The van der Waals surface area contributed by atoms with Gasteiger partial charge in [0.25, 0.3) is 0 Å². The third-order valence-electron chi connectivity index (χ3n) is 5.38. The lowest BCUT2D eigenvalue weighted by molar-refractivity contribution is 0.756. The fourth-order valence-corrected chi connectivity index (χ4v) is 3.80. The molecule has 158 valence electrons. The van der Waals surface area contributed by atoms with Crippen LogP contribution in [0.15, 0.2) is 40.6 Å². The van der Waals surface area contributed by atoms with Crippen LogP contribution in [0.2, 0.25) is 0 Å². The maximum atomic E-state index is 7.70. The Morgan fingerprint density at radius 2 is 2.19 bits per heavy atom. The molecule has 1 aliphatic heterocycles. The average Bonchev–Trinajstić information content (AvgIpc) is 3.44. The molecular formula is C22H25N9. The summed E-state index contributed by atoms with van der Waals surface area (Å²) < 4.78 is 0. The van der Waals surface area contributed by atoms with Gasteiger partial charge in [-0.3, -0.25) is 15.1 Å². The number of H-pyrrole nitrogens is 1. The molecule has 1 fully saturated rings. The summed E-state index contributed by atoms with van der Waals surface area (Å²) in [6.07, 6.45) is 9.41. The Balaban J connectivity index is 1.62. The summed E-state index contributed by atoms with van der Waals surface area (Å²) in [6, 6.07) is 8.19. The van der Waals surface area contributed by atoms with Gasteiger partial charge in [-0.1, -0.05) is 6.07 Å². The fourth-order valence-electron chi connectivity index (χ4n) is 3.80. The number of aliphatic imine (C=N–C) groups is 2. The first-order valence-electron chi connectivity index (χ1n) is 10.2. The van der Waals surface area contributed by atoms with Crippen molar-refractivity contribution in [1.82, 2.24) is 20.2 Å². The van der Waals surface area contributed by atoms with E-state index >= 15 is 0 Å². The topological polar surface area (TPSA) is 130 Å². The number of hydrogen-bond acceptors (Lipinski definition) is 8. The van der Waals surface area contributed by atoms with Gasteiger partial charge in [-0.2, -0.15) is 5.10 Å². The summed E-state index contributed by atoms with van der Waals surface area (Å²) in [5, 5.41) is 23.3. The Labute approximate surface area is 180 Å². The smallest absolute Gasteiger partial charge is 0.132 e. The molecule has 2 unspecified atom stereocenters. The van der Waals surface area contributed by atoms with E-state index in [1.165, 1.54) is 12.4 Å². The van der Waals surface area contributed by atoms with Crippen LogP contribution in [-0.2, 0) is 0 Å². The van der Waals surface area contributed by atoms with Gasteiger partial charge in [-0.05, 0) is 24.1 Å². The Hall–Kier alpha value is -3.75. The van der Waals surface area contributed by atoms with Gasteiger partial charge in [0, 0.05) is 62.9 Å². The molecule has 0 radical (unpaired) electrons. The summed E-state index contributed by atoms with van der Waals surface area (Å²) >= 11 is 0. The summed E-state index contributed by atoms with van der Waals surface area (Å²) in [7, 11) is 1.71. The number of aromatic nitrogens is 4. The fraction of sp³-hybridized carbons (Fsp3) is 0.318. The number of nitrogens with zero attached hydrogens (tertiary/aromatic N) is 6. The molecule has 31 heavy (non-hydrogen) atoms. The molecule has 0 bridgehead atoms. The normalized spacial score (nSPS) is 17.7. The van der Waals surface area contributed by atoms with Gasteiger partial charge in [0.2, 0.25) is 0 Å². The predicted molar refractivity (Wildman–Crippen MR) is 126 cm³/mol. The quantitative estimate of drug-likeness (QED) is 0.488. The number of anilines is 1. The molecule has 1 aromatic carbocycles. The van der Waals surface area contributed by atoms with Crippen LogP contribution in [-0.4, -0.2) is 71.2 Å². The van der Waals surface area contributed by atoms with E-state index in [4.69, 9.17) is 10.8 Å². The second-order valence-electron chi connectivity index (χ2n) is 7.40.